The number of rotatable bonds is 3. The van der Waals surface area contributed by atoms with Gasteiger partial charge in [0.15, 0.2) is 0 Å². The molecule has 0 N–H and O–H groups in total. The van der Waals surface area contributed by atoms with E-state index >= 15 is 0 Å². The summed E-state index contributed by atoms with van der Waals surface area (Å²) in [7, 11) is 0. The average Bonchev–Trinajstić information content (AvgIpc) is 2.36. The van der Waals surface area contributed by atoms with Gasteiger partial charge in [-0.15, -0.1) is 0 Å². The first-order chi connectivity index (χ1) is 9.91. The molecular weight excluding hydrogens is 505 g/mol. The third kappa shape index (κ3) is 5.62. The predicted octanol–water partition coefficient (Wildman–Crippen LogP) is 4.17. The molecule has 0 aliphatic rings. The molecule has 0 spiro atoms. The maximum absolute atomic E-state index is 12.1. The molecule has 0 aliphatic carbocycles. The summed E-state index contributed by atoms with van der Waals surface area (Å²) in [5.74, 6) is -5.45. The summed E-state index contributed by atoms with van der Waals surface area (Å²) >= 11 is -1.29. The Bertz CT molecular complexity index is 528. The Kier molecular flexibility index (Phi) is 6.06. The number of hydrogen-bond acceptors (Lipinski definition) is 4. The van der Waals surface area contributed by atoms with Crippen LogP contribution in [0.5, 0.6) is 0 Å². The first-order valence-corrected chi connectivity index (χ1v) is 8.59. The van der Waals surface area contributed by atoms with Gasteiger partial charge in [0.25, 0.3) is 0 Å². The Morgan fingerprint density at radius 3 is 1.55 bits per heavy atom. The molecule has 1 rings (SSSR count). The fourth-order valence-electron chi connectivity index (χ4n) is 0.852. The summed E-state index contributed by atoms with van der Waals surface area (Å²) in [5, 5.41) is 0. The van der Waals surface area contributed by atoms with Gasteiger partial charge in [-0.05, 0) is 0 Å². The number of halogens is 8. The normalized spacial score (nSPS) is 12.6. The molecule has 4 nitrogen and oxygen atoms in total. The zero-order valence-electron chi connectivity index (χ0n) is 9.97. The summed E-state index contributed by atoms with van der Waals surface area (Å²) in [5.41, 5.74) is 0. The van der Waals surface area contributed by atoms with Gasteiger partial charge in [-0.2, -0.15) is 0 Å². The van der Waals surface area contributed by atoms with E-state index in [4.69, 9.17) is 0 Å². The Morgan fingerprint density at radius 1 is 0.864 bits per heavy atom. The van der Waals surface area contributed by atoms with Gasteiger partial charge in [0.2, 0.25) is 0 Å². The van der Waals surface area contributed by atoms with Gasteiger partial charge in [0.05, 0.1) is 0 Å². The molecule has 0 unspecified atom stereocenters. The van der Waals surface area contributed by atoms with Gasteiger partial charge in [0.1, 0.15) is 0 Å². The van der Waals surface area contributed by atoms with Crippen molar-refractivity contribution in [2.75, 3.05) is 0 Å². The minimum atomic E-state index is -5.42. The fourth-order valence-corrected chi connectivity index (χ4v) is 3.89. The van der Waals surface area contributed by atoms with E-state index in [1.165, 1.54) is 12.1 Å². The number of benzene rings is 1. The van der Waals surface area contributed by atoms with Crippen LogP contribution < -0.4 is 0 Å². The quantitative estimate of drug-likeness (QED) is 0.454. The third-order valence-electron chi connectivity index (χ3n) is 1.72. The molecule has 0 bridgehead atoms. The standard InChI is InChI=1S/C10H4BrF6IO4/c11-5-1-3-6(4-2-5)18(21-7(19)9(12,13)14)22-8(20)10(15,16)17/h1-4H. The number of hydrogen-bond donors (Lipinski definition) is 0. The van der Waals surface area contributed by atoms with Crippen LogP contribution in [0.2, 0.25) is 0 Å². The van der Waals surface area contributed by atoms with E-state index < -0.39 is 44.9 Å². The molecule has 0 radical (unpaired) electrons. The molecule has 0 atom stereocenters. The van der Waals surface area contributed by atoms with Gasteiger partial charge in [-0.3, -0.25) is 0 Å². The molecule has 0 fully saturated rings. The average molecular weight is 509 g/mol. The summed E-state index contributed by atoms with van der Waals surface area (Å²) in [4.78, 5) is 21.5. The van der Waals surface area contributed by atoms with Crippen LogP contribution in [-0.4, -0.2) is 24.3 Å². The van der Waals surface area contributed by atoms with Crippen molar-refractivity contribution in [1.29, 1.82) is 0 Å². The number of alkyl halides is 6. The van der Waals surface area contributed by atoms with Crippen LogP contribution in [0.1, 0.15) is 0 Å². The Morgan fingerprint density at radius 2 is 1.23 bits per heavy atom. The summed E-state index contributed by atoms with van der Waals surface area (Å²) in [6, 6.07) is 4.73. The molecule has 0 heterocycles. The third-order valence-corrected chi connectivity index (χ3v) is 5.59. The van der Waals surface area contributed by atoms with Crippen LogP contribution in [0, 0.1) is 3.57 Å². The monoisotopic (exact) mass is 508 g/mol. The topological polar surface area (TPSA) is 52.6 Å². The van der Waals surface area contributed by atoms with E-state index in [9.17, 15) is 35.9 Å². The van der Waals surface area contributed by atoms with Crippen LogP contribution in [0.4, 0.5) is 26.3 Å². The van der Waals surface area contributed by atoms with Gasteiger partial charge >= 0.3 is 135 Å². The second-order valence-corrected chi connectivity index (χ2v) is 7.66. The van der Waals surface area contributed by atoms with Crippen molar-refractivity contribution in [1.82, 2.24) is 0 Å². The van der Waals surface area contributed by atoms with E-state index in [0.717, 1.165) is 12.1 Å². The predicted molar refractivity (Wildman–Crippen MR) is 71.2 cm³/mol. The summed E-state index contributed by atoms with van der Waals surface area (Å²) in [6.45, 7) is 0. The van der Waals surface area contributed by atoms with Crippen LogP contribution in [0.25, 0.3) is 0 Å². The van der Waals surface area contributed by atoms with E-state index in [2.05, 4.69) is 22.1 Å². The van der Waals surface area contributed by atoms with E-state index in [1.807, 2.05) is 0 Å². The molecule has 22 heavy (non-hydrogen) atoms. The van der Waals surface area contributed by atoms with Crippen molar-refractivity contribution in [3.05, 3.63) is 32.3 Å². The second-order valence-electron chi connectivity index (χ2n) is 3.38. The van der Waals surface area contributed by atoms with Gasteiger partial charge in [-0.1, -0.05) is 0 Å². The zero-order valence-corrected chi connectivity index (χ0v) is 13.7. The first kappa shape index (κ1) is 19.0. The second kappa shape index (κ2) is 7.02. The minimum absolute atomic E-state index is 0.234. The van der Waals surface area contributed by atoms with Crippen molar-refractivity contribution < 1.29 is 42.1 Å². The van der Waals surface area contributed by atoms with Crippen molar-refractivity contribution in [3.63, 3.8) is 0 Å². The first-order valence-electron chi connectivity index (χ1n) is 4.96. The molecule has 0 aliphatic heterocycles. The Balaban J connectivity index is 3.02. The summed E-state index contributed by atoms with van der Waals surface area (Å²) < 4.78 is 81.0. The molecule has 124 valence electrons. The van der Waals surface area contributed by atoms with Crippen molar-refractivity contribution >= 4 is 48.5 Å². The van der Waals surface area contributed by atoms with E-state index in [1.54, 1.807) is 0 Å². The number of carbonyl (C=O) groups excluding carboxylic acids is 2. The van der Waals surface area contributed by atoms with Crippen LogP contribution in [0.15, 0.2) is 28.7 Å². The maximum atomic E-state index is 12.1. The molecule has 1 aromatic carbocycles. The van der Waals surface area contributed by atoms with Gasteiger partial charge in [-0.25, -0.2) is 0 Å². The van der Waals surface area contributed by atoms with E-state index in [-0.39, 0.29) is 3.57 Å². The Hall–Kier alpha value is -1.05. The summed E-state index contributed by atoms with van der Waals surface area (Å²) in [6.07, 6.45) is -10.8. The SMILES string of the molecule is O=C(OI(OC(=O)C(F)(F)F)c1ccc(Br)cc1)C(F)(F)F. The van der Waals surface area contributed by atoms with Crippen LogP contribution >= 0.6 is 36.6 Å². The molecular formula is C10H4BrF6IO4. The molecule has 0 aromatic heterocycles. The molecule has 1 aromatic rings. The molecule has 0 saturated carbocycles. The number of carbonyl (C=O) groups is 2. The van der Waals surface area contributed by atoms with Crippen molar-refractivity contribution in [2.45, 2.75) is 12.4 Å². The van der Waals surface area contributed by atoms with Gasteiger partial charge < -0.3 is 0 Å². The molecule has 0 saturated heterocycles. The fraction of sp³-hybridized carbons (Fsp3) is 0.200. The molecule has 12 heteroatoms. The van der Waals surface area contributed by atoms with Crippen molar-refractivity contribution in [2.24, 2.45) is 0 Å². The van der Waals surface area contributed by atoms with Crippen LogP contribution in [0.3, 0.4) is 0 Å². The van der Waals surface area contributed by atoms with E-state index in [0.29, 0.717) is 4.47 Å². The Labute approximate surface area is 135 Å². The zero-order chi connectivity index (χ0) is 17.1. The van der Waals surface area contributed by atoms with Crippen molar-refractivity contribution in [3.8, 4) is 0 Å². The van der Waals surface area contributed by atoms with Gasteiger partial charge in [0, 0.05) is 0 Å². The molecule has 0 amide bonds. The van der Waals surface area contributed by atoms with Crippen LogP contribution in [-0.2, 0) is 15.7 Å².